The van der Waals surface area contributed by atoms with Crippen molar-refractivity contribution in [3.8, 4) is 0 Å². The van der Waals surface area contributed by atoms with E-state index in [0.717, 1.165) is 0 Å². The van der Waals surface area contributed by atoms with Gasteiger partial charge in [-0.15, -0.1) is 0 Å². The van der Waals surface area contributed by atoms with Crippen molar-refractivity contribution in [3.63, 3.8) is 0 Å². The lowest BCUT2D eigenvalue weighted by atomic mass is 10.1. The molecular formula is C11H13N3O5. The van der Waals surface area contributed by atoms with Gasteiger partial charge in [-0.25, -0.2) is 4.98 Å². The summed E-state index contributed by atoms with van der Waals surface area (Å²) in [6.45, 7) is -0.401. The van der Waals surface area contributed by atoms with Gasteiger partial charge in [-0.05, 0) is 6.07 Å². The van der Waals surface area contributed by atoms with Gasteiger partial charge in [0.25, 0.3) is 5.56 Å². The molecule has 0 aliphatic carbocycles. The zero-order chi connectivity index (χ0) is 13.6. The van der Waals surface area contributed by atoms with E-state index in [0.29, 0.717) is 11.0 Å². The number of nitrogens with zero attached hydrogens (tertiary/aromatic N) is 2. The van der Waals surface area contributed by atoms with Crippen LogP contribution in [-0.2, 0) is 4.74 Å². The molecule has 1 fully saturated rings. The second-order valence-electron chi connectivity index (χ2n) is 4.42. The Morgan fingerprint density at radius 1 is 1.42 bits per heavy atom. The fourth-order valence-corrected chi connectivity index (χ4v) is 2.30. The minimum Gasteiger partial charge on any atom is -0.394 e. The lowest BCUT2D eigenvalue weighted by Crippen LogP contribution is -2.33. The maximum Gasteiger partial charge on any atom is 0.260 e. The monoisotopic (exact) mass is 267 g/mol. The second kappa shape index (κ2) is 4.42. The molecule has 0 unspecified atom stereocenters. The lowest BCUT2D eigenvalue weighted by Gasteiger charge is -2.17. The van der Waals surface area contributed by atoms with Gasteiger partial charge in [-0.3, -0.25) is 4.79 Å². The number of aromatic amines is 1. The highest BCUT2D eigenvalue weighted by Gasteiger charge is 2.43. The van der Waals surface area contributed by atoms with Crippen LogP contribution in [0.15, 0.2) is 23.4 Å². The summed E-state index contributed by atoms with van der Waals surface area (Å²) in [7, 11) is 0. The van der Waals surface area contributed by atoms with Crippen molar-refractivity contribution >= 4 is 11.0 Å². The van der Waals surface area contributed by atoms with Crippen molar-refractivity contribution in [1.29, 1.82) is 0 Å². The molecule has 102 valence electrons. The second-order valence-corrected chi connectivity index (χ2v) is 4.42. The molecule has 8 nitrogen and oxygen atoms in total. The largest absolute Gasteiger partial charge is 0.394 e. The average molecular weight is 267 g/mol. The molecule has 0 bridgehead atoms. The first-order valence-corrected chi connectivity index (χ1v) is 5.80. The Morgan fingerprint density at radius 2 is 2.21 bits per heavy atom. The van der Waals surface area contributed by atoms with Crippen LogP contribution in [0.5, 0.6) is 0 Å². The van der Waals surface area contributed by atoms with Gasteiger partial charge in [0.2, 0.25) is 0 Å². The molecule has 8 heteroatoms. The number of aliphatic hydroxyl groups excluding tert-OH is 3. The van der Waals surface area contributed by atoms with E-state index in [9.17, 15) is 15.0 Å². The number of hydrogen-bond donors (Lipinski definition) is 4. The zero-order valence-corrected chi connectivity index (χ0v) is 9.80. The van der Waals surface area contributed by atoms with Crippen LogP contribution in [0.4, 0.5) is 0 Å². The SMILES string of the molecule is O=c1[nH]cnc2c1ccn2[C@H]1O[C@H](CO)[C@@H](O)[C@@H]1O. The van der Waals surface area contributed by atoms with E-state index in [1.165, 1.54) is 10.9 Å². The molecule has 3 heterocycles. The summed E-state index contributed by atoms with van der Waals surface area (Å²) in [6, 6.07) is 1.55. The van der Waals surface area contributed by atoms with Crippen molar-refractivity contribution in [3.05, 3.63) is 28.9 Å². The highest BCUT2D eigenvalue weighted by atomic mass is 16.6. The molecule has 19 heavy (non-hydrogen) atoms. The highest BCUT2D eigenvalue weighted by Crippen LogP contribution is 2.31. The van der Waals surface area contributed by atoms with Crippen molar-refractivity contribution in [2.45, 2.75) is 24.5 Å². The number of rotatable bonds is 2. The molecule has 2 aromatic heterocycles. The quantitative estimate of drug-likeness (QED) is 0.516. The number of H-pyrrole nitrogens is 1. The number of fused-ring (bicyclic) bond motifs is 1. The van der Waals surface area contributed by atoms with Gasteiger partial charge in [0.15, 0.2) is 6.23 Å². The number of aromatic nitrogens is 3. The lowest BCUT2D eigenvalue weighted by molar-refractivity contribution is -0.0508. The van der Waals surface area contributed by atoms with E-state index in [-0.39, 0.29) is 5.56 Å². The molecule has 0 saturated carbocycles. The zero-order valence-electron chi connectivity index (χ0n) is 9.80. The molecule has 0 amide bonds. The van der Waals surface area contributed by atoms with Crippen molar-refractivity contribution in [2.24, 2.45) is 0 Å². The normalized spacial score (nSPS) is 31.1. The van der Waals surface area contributed by atoms with Crippen LogP contribution in [0.1, 0.15) is 6.23 Å². The molecule has 4 N–H and O–H groups in total. The molecule has 0 spiro atoms. The minimum absolute atomic E-state index is 0.296. The summed E-state index contributed by atoms with van der Waals surface area (Å²) in [5, 5.41) is 29.1. The van der Waals surface area contributed by atoms with E-state index in [4.69, 9.17) is 9.84 Å². The topological polar surface area (TPSA) is 121 Å². The average Bonchev–Trinajstić information content (AvgIpc) is 2.94. The third-order valence-electron chi connectivity index (χ3n) is 3.31. The predicted octanol–water partition coefficient (Wildman–Crippen LogP) is -1.66. The van der Waals surface area contributed by atoms with Gasteiger partial charge < -0.3 is 29.6 Å². The third-order valence-corrected chi connectivity index (χ3v) is 3.31. The fourth-order valence-electron chi connectivity index (χ4n) is 2.30. The van der Waals surface area contributed by atoms with Crippen LogP contribution >= 0.6 is 0 Å². The minimum atomic E-state index is -1.20. The number of aliphatic hydroxyl groups is 3. The Kier molecular flexibility index (Phi) is 2.86. The van der Waals surface area contributed by atoms with Crippen LogP contribution in [0.2, 0.25) is 0 Å². The summed E-state index contributed by atoms with van der Waals surface area (Å²) in [5.41, 5.74) is 0.0501. The van der Waals surface area contributed by atoms with Gasteiger partial charge in [0.05, 0.1) is 18.3 Å². The van der Waals surface area contributed by atoms with E-state index in [1.807, 2.05) is 0 Å². The Bertz CT molecular complexity index is 651. The molecule has 1 saturated heterocycles. The van der Waals surface area contributed by atoms with Crippen molar-refractivity contribution in [1.82, 2.24) is 14.5 Å². The molecule has 3 rings (SSSR count). The van der Waals surface area contributed by atoms with Crippen LogP contribution in [-0.4, -0.2) is 54.8 Å². The van der Waals surface area contributed by atoms with Crippen LogP contribution in [0.3, 0.4) is 0 Å². The summed E-state index contributed by atoms with van der Waals surface area (Å²) in [5.74, 6) is 0. The Labute approximate surface area is 106 Å². The molecule has 0 radical (unpaired) electrons. The van der Waals surface area contributed by atoms with Gasteiger partial charge in [0, 0.05) is 6.20 Å². The van der Waals surface area contributed by atoms with E-state index in [1.54, 1.807) is 12.3 Å². The first kappa shape index (κ1) is 12.3. The standard InChI is InChI=1S/C11H13N3O5/c15-3-6-7(16)8(17)11(19-6)14-2-1-5-9(14)12-4-13-10(5)18/h1-2,4,6-8,11,15-17H,3H2,(H,12,13,18)/t6-,7-,8+,11+/m1/s1. The first-order chi connectivity index (χ1) is 9.13. The third kappa shape index (κ3) is 1.77. The van der Waals surface area contributed by atoms with E-state index >= 15 is 0 Å². The van der Waals surface area contributed by atoms with Gasteiger partial charge in [0.1, 0.15) is 24.0 Å². The fraction of sp³-hybridized carbons (Fsp3) is 0.455. The summed E-state index contributed by atoms with van der Waals surface area (Å²) in [6.07, 6.45) is -1.34. The Balaban J connectivity index is 2.06. The van der Waals surface area contributed by atoms with Gasteiger partial charge in [-0.2, -0.15) is 0 Å². The first-order valence-electron chi connectivity index (χ1n) is 5.80. The van der Waals surface area contributed by atoms with Gasteiger partial charge >= 0.3 is 0 Å². The van der Waals surface area contributed by atoms with E-state index < -0.39 is 31.1 Å². The Morgan fingerprint density at radius 3 is 2.89 bits per heavy atom. The summed E-state index contributed by atoms with van der Waals surface area (Å²) in [4.78, 5) is 18.0. The van der Waals surface area contributed by atoms with Crippen LogP contribution < -0.4 is 5.56 Å². The predicted molar refractivity (Wildman–Crippen MR) is 63.4 cm³/mol. The van der Waals surface area contributed by atoms with Crippen LogP contribution in [0, 0.1) is 0 Å². The molecule has 1 aliphatic rings. The number of ether oxygens (including phenoxy) is 1. The smallest absolute Gasteiger partial charge is 0.260 e. The molecule has 0 aromatic carbocycles. The number of hydrogen-bond acceptors (Lipinski definition) is 6. The van der Waals surface area contributed by atoms with Crippen LogP contribution in [0.25, 0.3) is 11.0 Å². The highest BCUT2D eigenvalue weighted by molar-refractivity contribution is 5.74. The molecule has 2 aromatic rings. The summed E-state index contributed by atoms with van der Waals surface area (Å²) < 4.78 is 6.85. The van der Waals surface area contributed by atoms with Crippen molar-refractivity contribution in [2.75, 3.05) is 6.61 Å². The number of nitrogens with one attached hydrogen (secondary N) is 1. The summed E-state index contributed by atoms with van der Waals surface area (Å²) >= 11 is 0. The Hall–Kier alpha value is -1.74. The molecule has 1 aliphatic heterocycles. The molecular weight excluding hydrogens is 254 g/mol. The van der Waals surface area contributed by atoms with Gasteiger partial charge in [-0.1, -0.05) is 0 Å². The molecule has 4 atom stereocenters. The van der Waals surface area contributed by atoms with Crippen molar-refractivity contribution < 1.29 is 20.1 Å². The maximum atomic E-state index is 11.6. The van der Waals surface area contributed by atoms with E-state index in [2.05, 4.69) is 9.97 Å². The maximum absolute atomic E-state index is 11.6.